The number of carbonyl (C=O) groups is 2. The maximum absolute atomic E-state index is 12.5. The average molecular weight is 335 g/mol. The van der Waals surface area contributed by atoms with Crippen LogP contribution >= 0.6 is 0 Å². The predicted molar refractivity (Wildman–Crippen MR) is 87.8 cm³/mol. The Morgan fingerprint density at radius 2 is 2.04 bits per heavy atom. The minimum Gasteiger partial charge on any atom is -0.467 e. The number of ether oxygens (including phenoxy) is 2. The van der Waals surface area contributed by atoms with Gasteiger partial charge in [0.05, 0.1) is 7.11 Å². The summed E-state index contributed by atoms with van der Waals surface area (Å²) in [5.74, 6) is -0.931. The molecule has 1 saturated heterocycles. The summed E-state index contributed by atoms with van der Waals surface area (Å²) in [5.41, 5.74) is -0.191. The molecule has 1 heterocycles. The molecule has 0 N–H and O–H groups in total. The summed E-state index contributed by atoms with van der Waals surface area (Å²) in [4.78, 5) is 29.9. The van der Waals surface area contributed by atoms with Gasteiger partial charge in [0.25, 0.3) is 0 Å². The van der Waals surface area contributed by atoms with Crippen molar-refractivity contribution in [2.24, 2.45) is 0 Å². The van der Waals surface area contributed by atoms with E-state index in [1.807, 2.05) is 37.3 Å². The van der Waals surface area contributed by atoms with E-state index in [9.17, 15) is 9.59 Å². The Labute approximate surface area is 142 Å². The van der Waals surface area contributed by atoms with E-state index < -0.39 is 23.6 Å². The lowest BCUT2D eigenvalue weighted by Gasteiger charge is -2.33. The largest absolute Gasteiger partial charge is 0.467 e. The molecule has 1 fully saturated rings. The molecule has 2 rings (SSSR count). The summed E-state index contributed by atoms with van der Waals surface area (Å²) in [6, 6.07) is 9.86. The predicted octanol–water partition coefficient (Wildman–Crippen LogP) is 2.47. The highest BCUT2D eigenvalue weighted by molar-refractivity contribution is 5.81. The van der Waals surface area contributed by atoms with Crippen LogP contribution in [0, 0.1) is 0 Å². The van der Waals surface area contributed by atoms with E-state index in [4.69, 9.17) is 14.3 Å². The van der Waals surface area contributed by atoms with Gasteiger partial charge in [-0.05, 0) is 12.0 Å². The molecule has 132 valence electrons. The number of benzene rings is 1. The van der Waals surface area contributed by atoms with Crippen molar-refractivity contribution in [1.82, 2.24) is 5.06 Å². The van der Waals surface area contributed by atoms with Crippen molar-refractivity contribution in [2.45, 2.75) is 51.4 Å². The van der Waals surface area contributed by atoms with E-state index in [-0.39, 0.29) is 0 Å². The summed E-state index contributed by atoms with van der Waals surface area (Å²) in [6.07, 6.45) is 1.06. The van der Waals surface area contributed by atoms with Crippen LogP contribution in [0.15, 0.2) is 30.3 Å². The van der Waals surface area contributed by atoms with Crippen molar-refractivity contribution in [3.63, 3.8) is 0 Å². The summed E-state index contributed by atoms with van der Waals surface area (Å²) in [6.45, 7) is 4.42. The number of carbonyl (C=O) groups excluding carboxylic acids is 2. The molecule has 0 aromatic heterocycles. The zero-order chi connectivity index (χ0) is 17.6. The number of hydrogen-bond acceptors (Lipinski definition) is 6. The second kappa shape index (κ2) is 8.26. The van der Waals surface area contributed by atoms with Crippen LogP contribution in [0.1, 0.15) is 38.7 Å². The van der Waals surface area contributed by atoms with Crippen LogP contribution in [0.2, 0.25) is 0 Å². The smallest absolute Gasteiger partial charge is 0.344 e. The van der Waals surface area contributed by atoms with E-state index in [2.05, 4.69) is 0 Å². The molecular formula is C18H25NO5. The fourth-order valence-electron chi connectivity index (χ4n) is 3.02. The number of methoxy groups -OCH3 is 1. The molecule has 2 atom stereocenters. The van der Waals surface area contributed by atoms with E-state index in [1.54, 1.807) is 5.06 Å². The maximum Gasteiger partial charge on any atom is 0.344 e. The first-order valence-electron chi connectivity index (χ1n) is 8.25. The van der Waals surface area contributed by atoms with E-state index in [0.29, 0.717) is 25.9 Å². The lowest BCUT2D eigenvalue weighted by Crippen LogP contribution is -2.52. The van der Waals surface area contributed by atoms with Gasteiger partial charge in [0.2, 0.25) is 5.60 Å². The molecule has 1 aliphatic heterocycles. The fraction of sp³-hybridized carbons (Fsp3) is 0.556. The molecule has 1 aromatic carbocycles. The topological polar surface area (TPSA) is 65.1 Å². The first-order chi connectivity index (χ1) is 11.5. The molecule has 0 aliphatic carbocycles. The van der Waals surface area contributed by atoms with Crippen LogP contribution in [0.25, 0.3) is 0 Å². The Morgan fingerprint density at radius 3 is 2.62 bits per heavy atom. The number of rotatable bonds is 7. The van der Waals surface area contributed by atoms with Crippen molar-refractivity contribution >= 4 is 11.9 Å². The van der Waals surface area contributed by atoms with Gasteiger partial charge in [-0.3, -0.25) is 9.63 Å². The van der Waals surface area contributed by atoms with Gasteiger partial charge in [0.15, 0.2) is 0 Å². The van der Waals surface area contributed by atoms with Crippen LogP contribution in [-0.2, 0) is 30.4 Å². The van der Waals surface area contributed by atoms with E-state index in [0.717, 1.165) is 12.0 Å². The standard InChI is InChI=1S/C18H25NO5/c1-4-8-16(23-14(2)20)18(17(21)22-3)11-12-19(24-18)13-15-9-6-5-7-10-15/h5-7,9-10,16H,4,8,11-13H2,1-3H3/t16-,18-/m1/s1. The molecule has 0 unspecified atom stereocenters. The zero-order valence-electron chi connectivity index (χ0n) is 14.5. The lowest BCUT2D eigenvalue weighted by atomic mass is 9.90. The molecule has 6 heteroatoms. The Kier molecular flexibility index (Phi) is 6.34. The number of hydrogen-bond donors (Lipinski definition) is 0. The third-order valence-electron chi connectivity index (χ3n) is 4.14. The molecule has 0 spiro atoms. The monoisotopic (exact) mass is 335 g/mol. The third-order valence-corrected chi connectivity index (χ3v) is 4.14. The van der Waals surface area contributed by atoms with Crippen molar-refractivity contribution in [3.8, 4) is 0 Å². The Bertz CT molecular complexity index is 562. The number of nitrogens with zero attached hydrogens (tertiary/aromatic N) is 1. The second-order valence-electron chi connectivity index (χ2n) is 5.96. The minimum atomic E-state index is -1.27. The second-order valence-corrected chi connectivity index (χ2v) is 5.96. The van der Waals surface area contributed by atoms with Crippen molar-refractivity contribution in [1.29, 1.82) is 0 Å². The summed E-state index contributed by atoms with van der Waals surface area (Å²) in [7, 11) is 1.32. The Balaban J connectivity index is 2.19. The highest BCUT2D eigenvalue weighted by Gasteiger charge is 2.55. The first kappa shape index (κ1) is 18.4. The molecule has 0 saturated carbocycles. The van der Waals surface area contributed by atoms with Crippen LogP contribution in [0.5, 0.6) is 0 Å². The summed E-state index contributed by atoms with van der Waals surface area (Å²) >= 11 is 0. The molecule has 0 bridgehead atoms. The highest BCUT2D eigenvalue weighted by atomic mass is 16.7. The van der Waals surface area contributed by atoms with Crippen LogP contribution < -0.4 is 0 Å². The van der Waals surface area contributed by atoms with E-state index >= 15 is 0 Å². The summed E-state index contributed by atoms with van der Waals surface area (Å²) < 4.78 is 10.4. The van der Waals surface area contributed by atoms with Gasteiger partial charge < -0.3 is 9.47 Å². The van der Waals surface area contributed by atoms with Gasteiger partial charge in [-0.1, -0.05) is 43.7 Å². The first-order valence-corrected chi connectivity index (χ1v) is 8.25. The normalized spacial score (nSPS) is 22.1. The summed E-state index contributed by atoms with van der Waals surface area (Å²) in [5, 5.41) is 1.73. The quantitative estimate of drug-likeness (QED) is 0.713. The van der Waals surface area contributed by atoms with Crippen LogP contribution in [0.4, 0.5) is 0 Å². The van der Waals surface area contributed by atoms with Crippen molar-refractivity contribution in [2.75, 3.05) is 13.7 Å². The lowest BCUT2D eigenvalue weighted by molar-refractivity contribution is -0.243. The molecule has 1 aromatic rings. The van der Waals surface area contributed by atoms with Gasteiger partial charge in [-0.25, -0.2) is 4.79 Å². The minimum absolute atomic E-state index is 0.421. The van der Waals surface area contributed by atoms with Crippen molar-refractivity contribution in [3.05, 3.63) is 35.9 Å². The van der Waals surface area contributed by atoms with Gasteiger partial charge in [0, 0.05) is 26.4 Å². The Hall–Kier alpha value is -1.92. The molecular weight excluding hydrogens is 310 g/mol. The van der Waals surface area contributed by atoms with Crippen LogP contribution in [-0.4, -0.2) is 42.4 Å². The number of hydroxylamine groups is 2. The highest BCUT2D eigenvalue weighted by Crippen LogP contribution is 2.35. The molecule has 0 amide bonds. The van der Waals surface area contributed by atoms with Gasteiger partial charge >= 0.3 is 11.9 Å². The molecule has 1 aliphatic rings. The SMILES string of the molecule is CCC[C@@H](OC(C)=O)[C@@]1(C(=O)OC)CCN(Cc2ccccc2)O1. The number of esters is 2. The third kappa shape index (κ3) is 4.13. The zero-order valence-corrected chi connectivity index (χ0v) is 14.5. The fourth-order valence-corrected chi connectivity index (χ4v) is 3.02. The van der Waals surface area contributed by atoms with E-state index in [1.165, 1.54) is 14.0 Å². The van der Waals surface area contributed by atoms with Crippen LogP contribution in [0.3, 0.4) is 0 Å². The molecule has 0 radical (unpaired) electrons. The van der Waals surface area contributed by atoms with Gasteiger partial charge in [-0.15, -0.1) is 0 Å². The Morgan fingerprint density at radius 1 is 1.33 bits per heavy atom. The molecule has 6 nitrogen and oxygen atoms in total. The van der Waals surface area contributed by atoms with Gasteiger partial charge in [-0.2, -0.15) is 5.06 Å². The average Bonchev–Trinajstić information content (AvgIpc) is 2.99. The maximum atomic E-state index is 12.5. The molecule has 24 heavy (non-hydrogen) atoms. The van der Waals surface area contributed by atoms with Gasteiger partial charge in [0.1, 0.15) is 6.10 Å². The van der Waals surface area contributed by atoms with Crippen molar-refractivity contribution < 1.29 is 23.9 Å².